The van der Waals surface area contributed by atoms with Crippen molar-refractivity contribution in [3.8, 4) is 0 Å². The third-order valence-electron chi connectivity index (χ3n) is 4.43. The summed E-state index contributed by atoms with van der Waals surface area (Å²) >= 11 is 0. The van der Waals surface area contributed by atoms with Crippen LogP contribution in [0, 0.1) is 0 Å². The minimum atomic E-state index is 0.464. The van der Waals surface area contributed by atoms with Gasteiger partial charge in [0.05, 0.1) is 18.8 Å². The van der Waals surface area contributed by atoms with Gasteiger partial charge in [0.1, 0.15) is 0 Å². The van der Waals surface area contributed by atoms with Crippen LogP contribution in [0.2, 0.25) is 0 Å². The number of hydrogen-bond acceptors (Lipinski definition) is 4. The monoisotopic (exact) mass is 358 g/mol. The van der Waals surface area contributed by atoms with Gasteiger partial charge >= 0.3 is 0 Å². The van der Waals surface area contributed by atoms with Gasteiger partial charge in [-0.2, -0.15) is 0 Å². The molecule has 6 heteroatoms. The van der Waals surface area contributed by atoms with Crippen molar-refractivity contribution < 1.29 is 9.26 Å². The summed E-state index contributed by atoms with van der Waals surface area (Å²) < 4.78 is 10.6. The summed E-state index contributed by atoms with van der Waals surface area (Å²) in [5, 5.41) is 10.8. The molecule has 0 radical (unpaired) electrons. The lowest BCUT2D eigenvalue weighted by Gasteiger charge is -2.11. The molecule has 2 aromatic rings. The first-order chi connectivity index (χ1) is 12.7. The lowest BCUT2D eigenvalue weighted by atomic mass is 9.99. The summed E-state index contributed by atoms with van der Waals surface area (Å²) in [6.07, 6.45) is 2.14. The maximum absolute atomic E-state index is 5.44. The Morgan fingerprint density at radius 2 is 1.77 bits per heavy atom. The molecule has 1 heterocycles. The highest BCUT2D eigenvalue weighted by molar-refractivity contribution is 5.79. The average molecular weight is 358 g/mol. The van der Waals surface area contributed by atoms with Crippen molar-refractivity contribution in [2.75, 3.05) is 14.2 Å². The van der Waals surface area contributed by atoms with E-state index in [1.807, 2.05) is 6.07 Å². The standard InChI is InChI=1S/C20H30N4O2/c1-5-17(6-2)19-11-18(26-24-19)13-23-20(21-3)22-12-15-7-9-16(10-8-15)14-25-4/h7-11,17H,5-6,12-14H2,1-4H3,(H2,21,22,23). The maximum Gasteiger partial charge on any atom is 0.191 e. The van der Waals surface area contributed by atoms with Gasteiger partial charge in [0.15, 0.2) is 11.7 Å². The van der Waals surface area contributed by atoms with Crippen LogP contribution in [-0.4, -0.2) is 25.3 Å². The highest BCUT2D eigenvalue weighted by Gasteiger charge is 2.13. The number of ether oxygens (including phenoxy) is 1. The van der Waals surface area contributed by atoms with Gasteiger partial charge in [-0.3, -0.25) is 4.99 Å². The summed E-state index contributed by atoms with van der Waals surface area (Å²) in [4.78, 5) is 4.25. The Hall–Kier alpha value is -2.34. The molecule has 0 saturated carbocycles. The van der Waals surface area contributed by atoms with Crippen molar-refractivity contribution in [2.45, 2.75) is 52.3 Å². The Labute approximate surface area is 156 Å². The largest absolute Gasteiger partial charge is 0.380 e. The number of nitrogens with one attached hydrogen (secondary N) is 2. The highest BCUT2D eigenvalue weighted by Crippen LogP contribution is 2.22. The lowest BCUT2D eigenvalue weighted by Crippen LogP contribution is -2.36. The quantitative estimate of drug-likeness (QED) is 0.529. The molecule has 0 aliphatic rings. The van der Waals surface area contributed by atoms with E-state index >= 15 is 0 Å². The Bertz CT molecular complexity index is 675. The molecule has 2 rings (SSSR count). The Morgan fingerprint density at radius 3 is 2.38 bits per heavy atom. The Morgan fingerprint density at radius 1 is 1.12 bits per heavy atom. The van der Waals surface area contributed by atoms with Crippen LogP contribution < -0.4 is 10.6 Å². The van der Waals surface area contributed by atoms with Gasteiger partial charge < -0.3 is 19.9 Å². The van der Waals surface area contributed by atoms with Crippen molar-refractivity contribution in [1.82, 2.24) is 15.8 Å². The number of methoxy groups -OCH3 is 1. The zero-order valence-electron chi connectivity index (χ0n) is 16.2. The number of nitrogens with zero attached hydrogens (tertiary/aromatic N) is 2. The molecule has 0 bridgehead atoms. The fourth-order valence-corrected chi connectivity index (χ4v) is 2.81. The molecule has 0 fully saturated rings. The van der Waals surface area contributed by atoms with Crippen molar-refractivity contribution in [1.29, 1.82) is 0 Å². The van der Waals surface area contributed by atoms with Crippen LogP contribution in [0.4, 0.5) is 0 Å². The molecule has 1 aromatic carbocycles. The van der Waals surface area contributed by atoms with Crippen LogP contribution >= 0.6 is 0 Å². The van der Waals surface area contributed by atoms with Crippen molar-refractivity contribution in [3.63, 3.8) is 0 Å². The van der Waals surface area contributed by atoms with Crippen molar-refractivity contribution in [2.24, 2.45) is 4.99 Å². The SMILES string of the molecule is CCC(CC)c1cc(CNC(=NC)NCc2ccc(COC)cc2)on1. The summed E-state index contributed by atoms with van der Waals surface area (Å²) in [6, 6.07) is 10.4. The molecule has 0 saturated heterocycles. The number of aliphatic imine (C=N–C) groups is 1. The van der Waals surface area contributed by atoms with E-state index in [1.165, 1.54) is 5.56 Å². The van der Waals surface area contributed by atoms with E-state index < -0.39 is 0 Å². The number of rotatable bonds is 9. The van der Waals surface area contributed by atoms with Gasteiger partial charge in [-0.1, -0.05) is 43.3 Å². The fraction of sp³-hybridized carbons (Fsp3) is 0.500. The summed E-state index contributed by atoms with van der Waals surface area (Å²) in [6.45, 7) is 6.23. The molecule has 0 unspecified atom stereocenters. The van der Waals surface area contributed by atoms with Crippen molar-refractivity contribution in [3.05, 3.63) is 52.9 Å². The number of guanidine groups is 1. The van der Waals surface area contributed by atoms with Gasteiger partial charge in [0, 0.05) is 32.7 Å². The predicted octanol–water partition coefficient (Wildman–Crippen LogP) is 3.59. The third-order valence-corrected chi connectivity index (χ3v) is 4.43. The first kappa shape index (κ1) is 20.0. The van der Waals surface area contributed by atoms with Gasteiger partial charge in [-0.05, 0) is 24.0 Å². The normalized spacial score (nSPS) is 11.8. The molecule has 0 aliphatic heterocycles. The zero-order valence-corrected chi connectivity index (χ0v) is 16.2. The fourth-order valence-electron chi connectivity index (χ4n) is 2.81. The lowest BCUT2D eigenvalue weighted by molar-refractivity contribution is 0.185. The predicted molar refractivity (Wildman–Crippen MR) is 104 cm³/mol. The molecule has 0 aliphatic carbocycles. The molecular formula is C20H30N4O2. The van der Waals surface area contributed by atoms with Crippen LogP contribution in [0.3, 0.4) is 0 Å². The van der Waals surface area contributed by atoms with Gasteiger partial charge in [0.25, 0.3) is 0 Å². The van der Waals surface area contributed by atoms with E-state index in [2.05, 4.69) is 58.9 Å². The molecule has 0 spiro atoms. The summed E-state index contributed by atoms with van der Waals surface area (Å²) in [5.74, 6) is 2.01. The van der Waals surface area contributed by atoms with E-state index in [9.17, 15) is 0 Å². The second-order valence-corrected chi connectivity index (χ2v) is 6.26. The summed E-state index contributed by atoms with van der Waals surface area (Å²) in [5.41, 5.74) is 3.38. The molecule has 0 atom stereocenters. The molecule has 26 heavy (non-hydrogen) atoms. The Balaban J connectivity index is 1.82. The first-order valence-electron chi connectivity index (χ1n) is 9.16. The molecule has 6 nitrogen and oxygen atoms in total. The van der Waals surface area contributed by atoms with E-state index in [0.717, 1.165) is 35.8 Å². The van der Waals surface area contributed by atoms with E-state index in [4.69, 9.17) is 9.26 Å². The average Bonchev–Trinajstić information content (AvgIpc) is 3.13. The van der Waals surface area contributed by atoms with E-state index in [-0.39, 0.29) is 0 Å². The van der Waals surface area contributed by atoms with E-state index in [1.54, 1.807) is 14.2 Å². The number of hydrogen-bond donors (Lipinski definition) is 2. The second kappa shape index (κ2) is 10.6. The van der Waals surface area contributed by atoms with E-state index in [0.29, 0.717) is 25.6 Å². The van der Waals surface area contributed by atoms with Crippen LogP contribution in [0.1, 0.15) is 55.2 Å². The van der Waals surface area contributed by atoms with Gasteiger partial charge in [-0.15, -0.1) is 0 Å². The Kier molecular flexibility index (Phi) is 8.15. The second-order valence-electron chi connectivity index (χ2n) is 6.26. The molecular weight excluding hydrogens is 328 g/mol. The van der Waals surface area contributed by atoms with Crippen LogP contribution in [0.25, 0.3) is 0 Å². The third kappa shape index (κ3) is 5.88. The van der Waals surface area contributed by atoms with Gasteiger partial charge in [-0.25, -0.2) is 0 Å². The van der Waals surface area contributed by atoms with Crippen LogP contribution in [0.15, 0.2) is 39.8 Å². The van der Waals surface area contributed by atoms with Crippen molar-refractivity contribution >= 4 is 5.96 Å². The smallest absolute Gasteiger partial charge is 0.191 e. The molecule has 142 valence electrons. The zero-order chi connectivity index (χ0) is 18.8. The van der Waals surface area contributed by atoms with Gasteiger partial charge in [0.2, 0.25) is 0 Å². The first-order valence-corrected chi connectivity index (χ1v) is 9.16. The molecule has 0 amide bonds. The highest BCUT2D eigenvalue weighted by atomic mass is 16.5. The molecule has 2 N–H and O–H groups in total. The van der Waals surface area contributed by atoms with Crippen LogP contribution in [0.5, 0.6) is 0 Å². The summed E-state index contributed by atoms with van der Waals surface area (Å²) in [7, 11) is 3.46. The minimum absolute atomic E-state index is 0.464. The number of benzene rings is 1. The topological polar surface area (TPSA) is 71.7 Å². The minimum Gasteiger partial charge on any atom is -0.380 e. The number of aromatic nitrogens is 1. The molecule has 1 aromatic heterocycles. The van der Waals surface area contributed by atoms with Crippen LogP contribution in [-0.2, 0) is 24.4 Å². The maximum atomic E-state index is 5.44.